The molecule has 0 aliphatic carbocycles. The highest BCUT2D eigenvalue weighted by Crippen LogP contribution is 2.30. The Morgan fingerprint density at radius 2 is 1.90 bits per heavy atom. The van der Waals surface area contributed by atoms with Crippen molar-refractivity contribution in [1.29, 1.82) is 0 Å². The summed E-state index contributed by atoms with van der Waals surface area (Å²) in [6.07, 6.45) is -1.61. The SMILES string of the molecule is CCCC(CCNC(C)=O)N(CC)Cc1nc(-c2ccc(C(F)(F)F)cc2)no1. The monoisotopic (exact) mass is 412 g/mol. The molecule has 1 aromatic carbocycles. The number of alkyl halides is 3. The number of aromatic nitrogens is 2. The molecule has 2 aromatic rings. The summed E-state index contributed by atoms with van der Waals surface area (Å²) in [7, 11) is 0. The van der Waals surface area contributed by atoms with Crippen LogP contribution in [0, 0.1) is 0 Å². The van der Waals surface area contributed by atoms with Gasteiger partial charge in [0.05, 0.1) is 12.1 Å². The van der Waals surface area contributed by atoms with Crippen LogP contribution in [0.1, 0.15) is 51.5 Å². The van der Waals surface area contributed by atoms with Crippen molar-refractivity contribution in [3.8, 4) is 11.4 Å². The van der Waals surface area contributed by atoms with E-state index in [1.165, 1.54) is 19.1 Å². The van der Waals surface area contributed by atoms with Gasteiger partial charge in [0.25, 0.3) is 0 Å². The van der Waals surface area contributed by atoms with Crippen LogP contribution in [0.3, 0.4) is 0 Å². The lowest BCUT2D eigenvalue weighted by Crippen LogP contribution is -2.37. The standard InChI is InChI=1S/C20H27F3N4O2/c1-4-6-17(11-12-24-14(3)28)27(5-2)13-18-25-19(26-29-18)15-7-9-16(10-8-15)20(21,22)23/h7-10,17H,4-6,11-13H2,1-3H3,(H,24,28). The van der Waals surface area contributed by atoms with Crippen LogP contribution in [0.4, 0.5) is 13.2 Å². The zero-order valence-corrected chi connectivity index (χ0v) is 16.9. The predicted octanol–water partition coefficient (Wildman–Crippen LogP) is 4.27. The van der Waals surface area contributed by atoms with E-state index in [4.69, 9.17) is 4.52 Å². The van der Waals surface area contributed by atoms with Gasteiger partial charge in [0, 0.05) is 25.1 Å². The first-order valence-corrected chi connectivity index (χ1v) is 9.73. The fourth-order valence-electron chi connectivity index (χ4n) is 3.17. The molecule has 0 saturated heterocycles. The molecule has 1 amide bonds. The molecule has 0 aliphatic heterocycles. The third kappa shape index (κ3) is 6.85. The van der Waals surface area contributed by atoms with Crippen molar-refractivity contribution in [3.05, 3.63) is 35.7 Å². The highest BCUT2D eigenvalue weighted by atomic mass is 19.4. The molecule has 0 fully saturated rings. The van der Waals surface area contributed by atoms with E-state index in [0.717, 1.165) is 37.9 Å². The minimum Gasteiger partial charge on any atom is -0.356 e. The molecule has 0 bridgehead atoms. The van der Waals surface area contributed by atoms with Gasteiger partial charge < -0.3 is 9.84 Å². The second kappa shape index (κ2) is 10.4. The average Bonchev–Trinajstić information content (AvgIpc) is 3.13. The van der Waals surface area contributed by atoms with Crippen molar-refractivity contribution in [3.63, 3.8) is 0 Å². The van der Waals surface area contributed by atoms with Gasteiger partial charge in [-0.1, -0.05) is 37.6 Å². The second-order valence-corrected chi connectivity index (χ2v) is 6.86. The fraction of sp³-hybridized carbons (Fsp3) is 0.550. The summed E-state index contributed by atoms with van der Waals surface area (Å²) in [5.41, 5.74) is -0.254. The quantitative estimate of drug-likeness (QED) is 0.631. The largest absolute Gasteiger partial charge is 0.416 e. The van der Waals surface area contributed by atoms with Crippen LogP contribution in [-0.4, -0.2) is 40.1 Å². The highest BCUT2D eigenvalue weighted by molar-refractivity contribution is 5.72. The van der Waals surface area contributed by atoms with E-state index >= 15 is 0 Å². The fourth-order valence-corrected chi connectivity index (χ4v) is 3.17. The maximum Gasteiger partial charge on any atom is 0.416 e. The Labute approximate surface area is 168 Å². The lowest BCUT2D eigenvalue weighted by molar-refractivity contribution is -0.137. The smallest absolute Gasteiger partial charge is 0.356 e. The van der Waals surface area contributed by atoms with Crippen molar-refractivity contribution in [1.82, 2.24) is 20.4 Å². The summed E-state index contributed by atoms with van der Waals surface area (Å²) in [5, 5.41) is 6.73. The predicted molar refractivity (Wildman–Crippen MR) is 103 cm³/mol. The number of hydrogen-bond acceptors (Lipinski definition) is 5. The number of rotatable bonds is 10. The summed E-state index contributed by atoms with van der Waals surface area (Å²) < 4.78 is 43.4. The number of amides is 1. The third-order valence-corrected chi connectivity index (χ3v) is 4.67. The highest BCUT2D eigenvalue weighted by Gasteiger charge is 2.30. The lowest BCUT2D eigenvalue weighted by Gasteiger charge is -2.29. The van der Waals surface area contributed by atoms with Crippen LogP contribution >= 0.6 is 0 Å². The molecular formula is C20H27F3N4O2. The maximum atomic E-state index is 12.7. The van der Waals surface area contributed by atoms with Crippen LogP contribution in [0.25, 0.3) is 11.4 Å². The minimum atomic E-state index is -4.38. The van der Waals surface area contributed by atoms with Crippen molar-refractivity contribution in [2.45, 2.75) is 58.8 Å². The number of carbonyl (C=O) groups excluding carboxylic acids is 1. The van der Waals surface area contributed by atoms with E-state index < -0.39 is 11.7 Å². The molecule has 6 nitrogen and oxygen atoms in total. The molecule has 1 aromatic heterocycles. The molecule has 0 spiro atoms. The second-order valence-electron chi connectivity index (χ2n) is 6.86. The zero-order chi connectivity index (χ0) is 21.4. The van der Waals surface area contributed by atoms with Crippen molar-refractivity contribution in [2.24, 2.45) is 0 Å². The Hall–Kier alpha value is -2.42. The number of carbonyl (C=O) groups is 1. The van der Waals surface area contributed by atoms with Gasteiger partial charge in [-0.25, -0.2) is 0 Å². The van der Waals surface area contributed by atoms with E-state index in [2.05, 4.69) is 27.3 Å². The molecule has 9 heteroatoms. The van der Waals surface area contributed by atoms with Crippen LogP contribution in [0.15, 0.2) is 28.8 Å². The van der Waals surface area contributed by atoms with E-state index in [1.807, 2.05) is 6.92 Å². The van der Waals surface area contributed by atoms with E-state index in [-0.39, 0.29) is 17.8 Å². The van der Waals surface area contributed by atoms with Crippen molar-refractivity contribution < 1.29 is 22.5 Å². The molecule has 2 rings (SSSR count). The summed E-state index contributed by atoms with van der Waals surface area (Å²) in [5.74, 6) is 0.610. The lowest BCUT2D eigenvalue weighted by atomic mass is 10.1. The van der Waals surface area contributed by atoms with Gasteiger partial charge >= 0.3 is 6.18 Å². The molecule has 1 heterocycles. The van der Waals surface area contributed by atoms with Gasteiger partial charge in [0.15, 0.2) is 0 Å². The van der Waals surface area contributed by atoms with Crippen molar-refractivity contribution >= 4 is 5.91 Å². The molecule has 1 atom stereocenters. The molecule has 0 radical (unpaired) electrons. The molecule has 160 valence electrons. The van der Waals surface area contributed by atoms with E-state index in [1.54, 1.807) is 0 Å². The van der Waals surface area contributed by atoms with Crippen LogP contribution in [-0.2, 0) is 17.5 Å². The Morgan fingerprint density at radius 3 is 2.45 bits per heavy atom. The van der Waals surface area contributed by atoms with Gasteiger partial charge in [-0.3, -0.25) is 9.69 Å². The van der Waals surface area contributed by atoms with E-state index in [0.29, 0.717) is 24.5 Å². The summed E-state index contributed by atoms with van der Waals surface area (Å²) in [4.78, 5) is 17.7. The van der Waals surface area contributed by atoms with Gasteiger partial charge in [0.1, 0.15) is 0 Å². The molecular weight excluding hydrogens is 385 g/mol. The first-order valence-electron chi connectivity index (χ1n) is 9.73. The Kier molecular flexibility index (Phi) is 8.19. The Bertz CT molecular complexity index is 775. The van der Waals surface area contributed by atoms with Gasteiger partial charge in [-0.2, -0.15) is 18.2 Å². The first-order chi connectivity index (χ1) is 13.7. The molecule has 29 heavy (non-hydrogen) atoms. The number of nitrogens with one attached hydrogen (secondary N) is 1. The Morgan fingerprint density at radius 1 is 1.21 bits per heavy atom. The maximum absolute atomic E-state index is 12.7. The third-order valence-electron chi connectivity index (χ3n) is 4.67. The molecule has 0 saturated carbocycles. The van der Waals surface area contributed by atoms with Gasteiger partial charge in [-0.05, 0) is 31.5 Å². The Balaban J connectivity index is 2.06. The summed E-state index contributed by atoms with van der Waals surface area (Å²) in [6.45, 7) is 7.44. The number of benzene rings is 1. The minimum absolute atomic E-state index is 0.0543. The topological polar surface area (TPSA) is 71.3 Å². The van der Waals surface area contributed by atoms with Crippen LogP contribution in [0.2, 0.25) is 0 Å². The summed E-state index contributed by atoms with van der Waals surface area (Å²) in [6, 6.07) is 4.93. The zero-order valence-electron chi connectivity index (χ0n) is 16.9. The van der Waals surface area contributed by atoms with Gasteiger partial charge in [0.2, 0.25) is 17.6 Å². The number of hydrogen-bond donors (Lipinski definition) is 1. The molecule has 0 aliphatic rings. The van der Waals surface area contributed by atoms with Gasteiger partial charge in [-0.15, -0.1) is 0 Å². The van der Waals surface area contributed by atoms with Crippen LogP contribution < -0.4 is 5.32 Å². The van der Waals surface area contributed by atoms with Crippen molar-refractivity contribution in [2.75, 3.05) is 13.1 Å². The molecule has 1 N–H and O–H groups in total. The summed E-state index contributed by atoms with van der Waals surface area (Å²) >= 11 is 0. The average molecular weight is 412 g/mol. The normalized spacial score (nSPS) is 12.9. The molecule has 1 unspecified atom stereocenters. The number of nitrogens with zero attached hydrogens (tertiary/aromatic N) is 3. The first kappa shape index (κ1) is 22.9. The van der Waals surface area contributed by atoms with Crippen LogP contribution in [0.5, 0.6) is 0 Å². The van der Waals surface area contributed by atoms with E-state index in [9.17, 15) is 18.0 Å². The number of halogens is 3.